The average Bonchev–Trinajstić information content (AvgIpc) is 2.65. The van der Waals surface area contributed by atoms with Gasteiger partial charge in [-0.2, -0.15) is 5.10 Å². The van der Waals surface area contributed by atoms with E-state index in [9.17, 15) is 5.11 Å². The van der Waals surface area contributed by atoms with E-state index in [0.29, 0.717) is 12.3 Å². The van der Waals surface area contributed by atoms with Crippen LogP contribution in [-0.4, -0.2) is 21.0 Å². The lowest BCUT2D eigenvalue weighted by molar-refractivity contribution is 0.108. The predicted octanol–water partition coefficient (Wildman–Crippen LogP) is 4.09. The molecule has 2 atom stereocenters. The van der Waals surface area contributed by atoms with Crippen molar-refractivity contribution >= 4 is 11.6 Å². The highest BCUT2D eigenvalue weighted by Crippen LogP contribution is 2.30. The summed E-state index contributed by atoms with van der Waals surface area (Å²) in [5.74, 6) is 0.458. The topological polar surface area (TPSA) is 38.0 Å². The molecule has 116 valence electrons. The molecule has 0 aromatic carbocycles. The molecule has 1 aromatic rings. The molecule has 0 fully saturated rings. The van der Waals surface area contributed by atoms with Crippen molar-refractivity contribution in [1.82, 2.24) is 9.78 Å². The van der Waals surface area contributed by atoms with Crippen molar-refractivity contribution in [2.24, 2.45) is 11.3 Å². The molecule has 3 nitrogen and oxygen atoms in total. The van der Waals surface area contributed by atoms with Crippen LogP contribution >= 0.6 is 11.6 Å². The molecule has 0 saturated carbocycles. The van der Waals surface area contributed by atoms with Crippen LogP contribution in [0.15, 0.2) is 0 Å². The lowest BCUT2D eigenvalue weighted by atomic mass is 9.78. The fourth-order valence-corrected chi connectivity index (χ4v) is 2.63. The number of nitrogens with zero attached hydrogens (tertiary/aromatic N) is 2. The van der Waals surface area contributed by atoms with Crippen LogP contribution in [0.3, 0.4) is 0 Å². The number of aryl methyl sites for hydroxylation is 2. The van der Waals surface area contributed by atoms with Crippen LogP contribution in [0.4, 0.5) is 0 Å². The van der Waals surface area contributed by atoms with Gasteiger partial charge in [0.1, 0.15) is 0 Å². The third-order valence-electron chi connectivity index (χ3n) is 4.23. The molecule has 0 spiro atoms. The first kappa shape index (κ1) is 17.5. The maximum absolute atomic E-state index is 10.4. The SMILES string of the molecule is CCc1nn(CC)c(CC(O)CC(C)C(C)(C)C)c1Cl. The second-order valence-electron chi connectivity index (χ2n) is 6.74. The van der Waals surface area contributed by atoms with E-state index in [4.69, 9.17) is 11.6 Å². The minimum absolute atomic E-state index is 0.213. The van der Waals surface area contributed by atoms with Crippen molar-refractivity contribution in [2.45, 2.75) is 73.5 Å². The molecule has 20 heavy (non-hydrogen) atoms. The van der Waals surface area contributed by atoms with Gasteiger partial charge in [-0.1, -0.05) is 46.2 Å². The zero-order chi connectivity index (χ0) is 15.5. The third-order valence-corrected chi connectivity index (χ3v) is 4.66. The van der Waals surface area contributed by atoms with Crippen LogP contribution in [0.5, 0.6) is 0 Å². The summed E-state index contributed by atoms with van der Waals surface area (Å²) < 4.78 is 1.92. The second-order valence-corrected chi connectivity index (χ2v) is 7.12. The fraction of sp³-hybridized carbons (Fsp3) is 0.812. The van der Waals surface area contributed by atoms with Gasteiger partial charge in [0.25, 0.3) is 0 Å². The van der Waals surface area contributed by atoms with Crippen molar-refractivity contribution in [1.29, 1.82) is 0 Å². The van der Waals surface area contributed by atoms with Gasteiger partial charge in [-0.05, 0) is 31.1 Å². The summed E-state index contributed by atoms with van der Waals surface area (Å²) in [4.78, 5) is 0. The van der Waals surface area contributed by atoms with Gasteiger partial charge in [0, 0.05) is 13.0 Å². The number of rotatable bonds is 6. The van der Waals surface area contributed by atoms with Gasteiger partial charge in [-0.15, -0.1) is 0 Å². The largest absolute Gasteiger partial charge is 0.393 e. The number of aliphatic hydroxyl groups is 1. The van der Waals surface area contributed by atoms with E-state index in [1.54, 1.807) is 0 Å². The molecule has 1 heterocycles. The lowest BCUT2D eigenvalue weighted by Crippen LogP contribution is -2.24. The zero-order valence-electron chi connectivity index (χ0n) is 13.7. The molecule has 0 bridgehead atoms. The highest BCUT2D eigenvalue weighted by Gasteiger charge is 2.24. The quantitative estimate of drug-likeness (QED) is 0.859. The van der Waals surface area contributed by atoms with Crippen molar-refractivity contribution in [2.75, 3.05) is 0 Å². The van der Waals surface area contributed by atoms with Gasteiger partial charge in [-0.25, -0.2) is 0 Å². The van der Waals surface area contributed by atoms with Gasteiger partial charge < -0.3 is 5.11 Å². The molecule has 0 aliphatic rings. The maximum Gasteiger partial charge on any atom is 0.0850 e. The second kappa shape index (κ2) is 6.95. The van der Waals surface area contributed by atoms with Crippen molar-refractivity contribution < 1.29 is 5.11 Å². The van der Waals surface area contributed by atoms with Gasteiger partial charge in [-0.3, -0.25) is 4.68 Å². The summed E-state index contributed by atoms with van der Waals surface area (Å²) in [5.41, 5.74) is 2.11. The van der Waals surface area contributed by atoms with E-state index in [1.165, 1.54) is 0 Å². The lowest BCUT2D eigenvalue weighted by Gasteiger charge is -2.29. The van der Waals surface area contributed by atoms with E-state index >= 15 is 0 Å². The Hall–Kier alpha value is -0.540. The molecule has 0 aliphatic carbocycles. The van der Waals surface area contributed by atoms with Crippen LogP contribution in [0.1, 0.15) is 59.4 Å². The summed E-state index contributed by atoms with van der Waals surface area (Å²) in [6.07, 6.45) is 1.83. The molecule has 2 unspecified atom stereocenters. The standard InChI is InChI=1S/C16H29ClN2O/c1-7-13-15(17)14(19(8-2)18-13)10-12(20)9-11(3)16(4,5)6/h11-12,20H,7-10H2,1-6H3. The number of hydrogen-bond donors (Lipinski definition) is 1. The Morgan fingerprint density at radius 1 is 1.30 bits per heavy atom. The van der Waals surface area contributed by atoms with Crippen LogP contribution in [0.25, 0.3) is 0 Å². The number of aliphatic hydroxyl groups excluding tert-OH is 1. The molecule has 1 N–H and O–H groups in total. The molecule has 0 saturated heterocycles. The normalized spacial score (nSPS) is 15.4. The van der Waals surface area contributed by atoms with E-state index in [1.807, 2.05) is 4.68 Å². The first-order chi connectivity index (χ1) is 9.20. The Morgan fingerprint density at radius 2 is 1.90 bits per heavy atom. The van der Waals surface area contributed by atoms with E-state index < -0.39 is 0 Å². The number of hydrogen-bond acceptors (Lipinski definition) is 2. The molecule has 1 aromatic heterocycles. The molecule has 1 rings (SSSR count). The Labute approximate surface area is 128 Å². The molecular weight excluding hydrogens is 272 g/mol. The Balaban J connectivity index is 2.80. The zero-order valence-corrected chi connectivity index (χ0v) is 14.5. The number of aromatic nitrogens is 2. The highest BCUT2D eigenvalue weighted by molar-refractivity contribution is 6.31. The summed E-state index contributed by atoms with van der Waals surface area (Å²) in [7, 11) is 0. The predicted molar refractivity (Wildman–Crippen MR) is 85.2 cm³/mol. The minimum atomic E-state index is -0.367. The van der Waals surface area contributed by atoms with E-state index in [0.717, 1.165) is 35.8 Å². The van der Waals surface area contributed by atoms with Crippen molar-refractivity contribution in [3.8, 4) is 0 Å². The van der Waals surface area contributed by atoms with Crippen LogP contribution < -0.4 is 0 Å². The molecular formula is C16H29ClN2O. The van der Waals surface area contributed by atoms with Gasteiger partial charge >= 0.3 is 0 Å². The molecule has 0 radical (unpaired) electrons. The molecule has 0 amide bonds. The molecule has 4 heteroatoms. The van der Waals surface area contributed by atoms with Gasteiger partial charge in [0.2, 0.25) is 0 Å². The Bertz CT molecular complexity index is 434. The summed E-state index contributed by atoms with van der Waals surface area (Å²) >= 11 is 6.38. The summed E-state index contributed by atoms with van der Waals surface area (Å²) in [6.45, 7) is 13.7. The highest BCUT2D eigenvalue weighted by atomic mass is 35.5. The van der Waals surface area contributed by atoms with Crippen LogP contribution in [0, 0.1) is 11.3 Å². The smallest absolute Gasteiger partial charge is 0.0850 e. The molecule has 0 aliphatic heterocycles. The van der Waals surface area contributed by atoms with Crippen molar-refractivity contribution in [3.05, 3.63) is 16.4 Å². The van der Waals surface area contributed by atoms with Crippen LogP contribution in [-0.2, 0) is 19.4 Å². The van der Waals surface area contributed by atoms with Crippen molar-refractivity contribution in [3.63, 3.8) is 0 Å². The monoisotopic (exact) mass is 300 g/mol. The first-order valence-electron chi connectivity index (χ1n) is 7.62. The Kier molecular flexibility index (Phi) is 6.08. The van der Waals surface area contributed by atoms with Gasteiger partial charge in [0.05, 0.1) is 22.5 Å². The van der Waals surface area contributed by atoms with E-state index in [-0.39, 0.29) is 11.5 Å². The Morgan fingerprint density at radius 3 is 2.35 bits per heavy atom. The maximum atomic E-state index is 10.4. The summed E-state index contributed by atoms with van der Waals surface area (Å²) in [5, 5.41) is 15.6. The number of halogens is 1. The minimum Gasteiger partial charge on any atom is -0.393 e. The average molecular weight is 301 g/mol. The summed E-state index contributed by atoms with van der Waals surface area (Å²) in [6, 6.07) is 0. The van der Waals surface area contributed by atoms with Gasteiger partial charge in [0.15, 0.2) is 0 Å². The first-order valence-corrected chi connectivity index (χ1v) is 8.00. The third kappa shape index (κ3) is 4.23. The van der Waals surface area contributed by atoms with E-state index in [2.05, 4.69) is 46.6 Å². The fourth-order valence-electron chi connectivity index (χ4n) is 2.28. The van der Waals surface area contributed by atoms with Crippen LogP contribution in [0.2, 0.25) is 5.02 Å².